The number of aromatic nitrogens is 2. The second kappa shape index (κ2) is 5.27. The molecule has 0 aliphatic heterocycles. The van der Waals surface area contributed by atoms with Gasteiger partial charge in [-0.05, 0) is 19.1 Å². The van der Waals surface area contributed by atoms with Crippen LogP contribution in [0.4, 0.5) is 14.6 Å². The third-order valence-corrected chi connectivity index (χ3v) is 2.62. The van der Waals surface area contributed by atoms with Crippen molar-refractivity contribution >= 4 is 17.4 Å². The average molecular weight is 270 g/mol. The van der Waals surface area contributed by atoms with Crippen LogP contribution in [0.3, 0.4) is 0 Å². The molecule has 0 unspecified atom stereocenters. The number of benzene rings is 1. The molecule has 94 valence electrons. The molecule has 2 aromatic rings. The fourth-order valence-electron chi connectivity index (χ4n) is 1.49. The fourth-order valence-corrected chi connectivity index (χ4v) is 1.73. The van der Waals surface area contributed by atoms with Gasteiger partial charge in [-0.2, -0.15) is 0 Å². The molecule has 0 saturated heterocycles. The molecule has 0 fully saturated rings. The van der Waals surface area contributed by atoms with Crippen molar-refractivity contribution in [1.29, 1.82) is 0 Å². The maximum Gasteiger partial charge on any atom is 0.169 e. The second-order valence-corrected chi connectivity index (χ2v) is 3.94. The maximum atomic E-state index is 13.7. The van der Waals surface area contributed by atoms with E-state index < -0.39 is 11.6 Å². The Morgan fingerprint density at radius 2 is 2.00 bits per heavy atom. The molecule has 0 aliphatic carbocycles. The van der Waals surface area contributed by atoms with Crippen LogP contribution < -0.4 is 5.32 Å². The molecule has 0 amide bonds. The Labute approximate surface area is 108 Å². The minimum atomic E-state index is -1.02. The van der Waals surface area contributed by atoms with Gasteiger partial charge in [-0.15, -0.1) is 0 Å². The summed E-state index contributed by atoms with van der Waals surface area (Å²) in [5, 5.41) is 3.05. The lowest BCUT2D eigenvalue weighted by molar-refractivity contribution is 0.511. The first-order valence-corrected chi connectivity index (χ1v) is 5.71. The van der Waals surface area contributed by atoms with E-state index in [-0.39, 0.29) is 16.3 Å². The molecule has 3 nitrogen and oxygen atoms in total. The van der Waals surface area contributed by atoms with Gasteiger partial charge in [0.25, 0.3) is 0 Å². The lowest BCUT2D eigenvalue weighted by Crippen LogP contribution is -2.01. The van der Waals surface area contributed by atoms with Gasteiger partial charge >= 0.3 is 0 Å². The van der Waals surface area contributed by atoms with Gasteiger partial charge in [0.15, 0.2) is 11.6 Å². The molecular weight excluding hydrogens is 260 g/mol. The Morgan fingerprint density at radius 1 is 1.22 bits per heavy atom. The van der Waals surface area contributed by atoms with Crippen molar-refractivity contribution in [2.45, 2.75) is 6.92 Å². The Balaban J connectivity index is 2.45. The Bertz CT molecular complexity index is 558. The van der Waals surface area contributed by atoms with Gasteiger partial charge < -0.3 is 5.32 Å². The largest absolute Gasteiger partial charge is 0.369 e. The van der Waals surface area contributed by atoms with Crippen LogP contribution in [0, 0.1) is 11.6 Å². The van der Waals surface area contributed by atoms with Crippen molar-refractivity contribution in [2.75, 3.05) is 11.9 Å². The van der Waals surface area contributed by atoms with E-state index in [4.69, 9.17) is 11.6 Å². The number of rotatable bonds is 3. The molecule has 1 N–H and O–H groups in total. The molecule has 1 aromatic carbocycles. The van der Waals surface area contributed by atoms with Crippen molar-refractivity contribution in [1.82, 2.24) is 9.97 Å². The van der Waals surface area contributed by atoms with E-state index in [0.29, 0.717) is 12.4 Å². The van der Waals surface area contributed by atoms with Crippen molar-refractivity contribution in [2.24, 2.45) is 0 Å². The molecule has 1 aromatic heterocycles. The fraction of sp³-hybridized carbons (Fsp3) is 0.167. The van der Waals surface area contributed by atoms with E-state index in [1.807, 2.05) is 6.92 Å². The second-order valence-electron chi connectivity index (χ2n) is 3.54. The molecule has 0 aliphatic rings. The average Bonchev–Trinajstić information content (AvgIpc) is 2.37. The Kier molecular flexibility index (Phi) is 3.72. The minimum Gasteiger partial charge on any atom is -0.369 e. The van der Waals surface area contributed by atoms with Crippen molar-refractivity contribution in [3.05, 3.63) is 41.2 Å². The van der Waals surface area contributed by atoms with Crippen LogP contribution in [0.5, 0.6) is 0 Å². The van der Waals surface area contributed by atoms with Gasteiger partial charge in [0.2, 0.25) is 0 Å². The van der Waals surface area contributed by atoms with E-state index in [2.05, 4.69) is 15.3 Å². The van der Waals surface area contributed by atoms with Crippen molar-refractivity contribution in [3.8, 4) is 11.3 Å². The summed E-state index contributed by atoms with van der Waals surface area (Å²) in [4.78, 5) is 8.05. The van der Waals surface area contributed by atoms with E-state index in [9.17, 15) is 8.78 Å². The lowest BCUT2D eigenvalue weighted by Gasteiger charge is -2.07. The van der Waals surface area contributed by atoms with Gasteiger partial charge in [0.1, 0.15) is 5.82 Å². The number of hydrogen-bond donors (Lipinski definition) is 1. The SMILES string of the molecule is CCNc1cnc(-c2c(Cl)ccc(F)c2F)cn1. The van der Waals surface area contributed by atoms with E-state index >= 15 is 0 Å². The molecule has 0 atom stereocenters. The highest BCUT2D eigenvalue weighted by molar-refractivity contribution is 6.33. The van der Waals surface area contributed by atoms with Crippen LogP contribution >= 0.6 is 11.6 Å². The molecule has 0 saturated carbocycles. The quantitative estimate of drug-likeness (QED) is 0.867. The van der Waals surface area contributed by atoms with Gasteiger partial charge in [-0.25, -0.2) is 13.8 Å². The summed E-state index contributed by atoms with van der Waals surface area (Å²) in [6.45, 7) is 2.61. The monoisotopic (exact) mass is 269 g/mol. The smallest absolute Gasteiger partial charge is 0.169 e. The third kappa shape index (κ3) is 2.41. The molecule has 1 heterocycles. The first-order chi connectivity index (χ1) is 8.63. The summed E-state index contributed by atoms with van der Waals surface area (Å²) in [6.07, 6.45) is 2.79. The zero-order valence-corrected chi connectivity index (χ0v) is 10.3. The number of anilines is 1. The van der Waals surface area contributed by atoms with Crippen LogP contribution in [0.2, 0.25) is 5.02 Å². The molecule has 6 heteroatoms. The van der Waals surface area contributed by atoms with Crippen LogP contribution in [-0.2, 0) is 0 Å². The maximum absolute atomic E-state index is 13.7. The number of nitrogens with one attached hydrogen (secondary N) is 1. The standard InChI is InChI=1S/C12H10ClF2N3/c1-2-16-10-6-17-9(5-18-10)11-7(13)3-4-8(14)12(11)15/h3-6H,2H2,1H3,(H,16,18). The Hall–Kier alpha value is -1.75. The van der Waals surface area contributed by atoms with Crippen LogP contribution in [0.1, 0.15) is 6.92 Å². The predicted molar refractivity (Wildman–Crippen MR) is 66.6 cm³/mol. The summed E-state index contributed by atoms with van der Waals surface area (Å²) in [5.41, 5.74) is 0.117. The van der Waals surface area contributed by atoms with Crippen molar-refractivity contribution in [3.63, 3.8) is 0 Å². The molecular formula is C12H10ClF2N3. The molecule has 0 bridgehead atoms. The highest BCUT2D eigenvalue weighted by Gasteiger charge is 2.15. The summed E-state index contributed by atoms with van der Waals surface area (Å²) in [5.74, 6) is -1.42. The molecule has 0 spiro atoms. The van der Waals surface area contributed by atoms with Crippen LogP contribution in [-0.4, -0.2) is 16.5 Å². The number of hydrogen-bond acceptors (Lipinski definition) is 3. The van der Waals surface area contributed by atoms with Crippen molar-refractivity contribution < 1.29 is 8.78 Å². The Morgan fingerprint density at radius 3 is 2.61 bits per heavy atom. The van der Waals surface area contributed by atoms with Gasteiger partial charge in [0.05, 0.1) is 28.7 Å². The summed E-state index contributed by atoms with van der Waals surface area (Å²) >= 11 is 5.85. The normalized spacial score (nSPS) is 10.4. The minimum absolute atomic E-state index is 0.0767. The molecule has 18 heavy (non-hydrogen) atoms. The highest BCUT2D eigenvalue weighted by atomic mass is 35.5. The van der Waals surface area contributed by atoms with E-state index in [1.165, 1.54) is 18.5 Å². The summed E-state index contributed by atoms with van der Waals surface area (Å²) in [6, 6.07) is 2.26. The lowest BCUT2D eigenvalue weighted by atomic mass is 10.1. The zero-order valence-electron chi connectivity index (χ0n) is 9.54. The first-order valence-electron chi connectivity index (χ1n) is 5.33. The molecule has 2 rings (SSSR count). The van der Waals surface area contributed by atoms with E-state index in [1.54, 1.807) is 0 Å². The first kappa shape index (κ1) is 12.7. The molecule has 0 radical (unpaired) electrons. The highest BCUT2D eigenvalue weighted by Crippen LogP contribution is 2.30. The van der Waals surface area contributed by atoms with Gasteiger partial charge in [-0.1, -0.05) is 11.6 Å². The predicted octanol–water partition coefficient (Wildman–Crippen LogP) is 3.51. The van der Waals surface area contributed by atoms with Crippen LogP contribution in [0.15, 0.2) is 24.5 Å². The zero-order chi connectivity index (χ0) is 13.1. The topological polar surface area (TPSA) is 37.8 Å². The van der Waals surface area contributed by atoms with Crippen LogP contribution in [0.25, 0.3) is 11.3 Å². The number of nitrogens with zero attached hydrogens (tertiary/aromatic N) is 2. The number of halogens is 3. The van der Waals surface area contributed by atoms with E-state index in [0.717, 1.165) is 6.07 Å². The van der Waals surface area contributed by atoms with Gasteiger partial charge in [-0.3, -0.25) is 4.98 Å². The van der Waals surface area contributed by atoms with Gasteiger partial charge in [0, 0.05) is 6.54 Å². The summed E-state index contributed by atoms with van der Waals surface area (Å²) < 4.78 is 26.8. The third-order valence-electron chi connectivity index (χ3n) is 2.31. The summed E-state index contributed by atoms with van der Waals surface area (Å²) in [7, 11) is 0.